The summed E-state index contributed by atoms with van der Waals surface area (Å²) < 4.78 is 6.07. The van der Waals surface area contributed by atoms with Crippen molar-refractivity contribution in [2.24, 2.45) is 5.92 Å². The molecule has 1 N–H and O–H groups in total. The largest absolute Gasteiger partial charge is 0.378 e. The summed E-state index contributed by atoms with van der Waals surface area (Å²) in [5.74, 6) is 0.774. The number of nitriles is 1. The van der Waals surface area contributed by atoms with Crippen LogP contribution in [0.3, 0.4) is 0 Å². The molecule has 0 aromatic carbocycles. The Morgan fingerprint density at radius 1 is 1.32 bits per heavy atom. The van der Waals surface area contributed by atoms with Crippen molar-refractivity contribution in [3.05, 3.63) is 0 Å². The van der Waals surface area contributed by atoms with Crippen LogP contribution < -0.4 is 5.32 Å². The Morgan fingerprint density at radius 2 is 2.05 bits per heavy atom. The number of rotatable bonds is 8. The molecule has 3 nitrogen and oxygen atoms in total. The average molecular weight is 266 g/mol. The first-order valence-corrected chi connectivity index (χ1v) is 7.87. The Hall–Kier alpha value is -0.590. The van der Waals surface area contributed by atoms with Crippen molar-refractivity contribution >= 4 is 0 Å². The normalized spacial score (nSPS) is 26.6. The van der Waals surface area contributed by atoms with E-state index in [9.17, 15) is 0 Å². The third-order valence-corrected chi connectivity index (χ3v) is 4.57. The maximum atomic E-state index is 9.07. The van der Waals surface area contributed by atoms with E-state index in [4.69, 9.17) is 10.00 Å². The molecule has 1 aliphatic rings. The zero-order chi connectivity index (χ0) is 14.1. The van der Waals surface area contributed by atoms with Crippen molar-refractivity contribution in [1.29, 1.82) is 5.26 Å². The first-order valence-electron chi connectivity index (χ1n) is 7.87. The molecule has 1 aliphatic carbocycles. The zero-order valence-electron chi connectivity index (χ0n) is 12.9. The van der Waals surface area contributed by atoms with Crippen LogP contribution in [-0.4, -0.2) is 25.3 Å². The van der Waals surface area contributed by atoms with Gasteiger partial charge in [-0.25, -0.2) is 0 Å². The van der Waals surface area contributed by atoms with Crippen molar-refractivity contribution < 1.29 is 4.74 Å². The van der Waals surface area contributed by atoms with E-state index in [1.54, 1.807) is 0 Å². The van der Waals surface area contributed by atoms with Crippen molar-refractivity contribution in [1.82, 2.24) is 5.32 Å². The highest BCUT2D eigenvalue weighted by Crippen LogP contribution is 2.29. The molecule has 1 saturated carbocycles. The molecule has 110 valence electrons. The minimum atomic E-state index is -0.378. The van der Waals surface area contributed by atoms with E-state index in [0.29, 0.717) is 6.10 Å². The molecule has 3 atom stereocenters. The number of nitrogens with zero attached hydrogens (tertiary/aromatic N) is 1. The van der Waals surface area contributed by atoms with E-state index in [1.165, 1.54) is 32.1 Å². The Morgan fingerprint density at radius 3 is 2.68 bits per heavy atom. The summed E-state index contributed by atoms with van der Waals surface area (Å²) in [4.78, 5) is 0. The first kappa shape index (κ1) is 16.5. The van der Waals surface area contributed by atoms with Crippen LogP contribution >= 0.6 is 0 Å². The van der Waals surface area contributed by atoms with E-state index in [1.807, 2.05) is 14.0 Å². The topological polar surface area (TPSA) is 45.0 Å². The summed E-state index contributed by atoms with van der Waals surface area (Å²) in [5, 5.41) is 12.2. The molecule has 1 fully saturated rings. The van der Waals surface area contributed by atoms with Gasteiger partial charge in [-0.15, -0.1) is 0 Å². The third kappa shape index (κ3) is 5.50. The SMILES string of the molecule is CCC1CCCCC1OCCCCC(C)(C#N)NC. The van der Waals surface area contributed by atoms with Crippen LogP contribution in [0.15, 0.2) is 0 Å². The Kier molecular flexibility index (Phi) is 7.41. The van der Waals surface area contributed by atoms with Crippen LogP contribution in [0.2, 0.25) is 0 Å². The molecule has 0 aromatic heterocycles. The predicted molar refractivity (Wildman–Crippen MR) is 78.9 cm³/mol. The molecule has 0 heterocycles. The van der Waals surface area contributed by atoms with Gasteiger partial charge in [0.2, 0.25) is 0 Å². The molecule has 0 radical (unpaired) electrons. The fraction of sp³-hybridized carbons (Fsp3) is 0.938. The number of hydrogen-bond donors (Lipinski definition) is 1. The molecule has 0 spiro atoms. The average Bonchev–Trinajstić information content (AvgIpc) is 2.47. The van der Waals surface area contributed by atoms with E-state index in [-0.39, 0.29) is 5.54 Å². The second kappa shape index (κ2) is 8.55. The van der Waals surface area contributed by atoms with Gasteiger partial charge in [-0.1, -0.05) is 26.2 Å². The van der Waals surface area contributed by atoms with Gasteiger partial charge in [0.15, 0.2) is 0 Å². The summed E-state index contributed by atoms with van der Waals surface area (Å²) in [6.07, 6.45) is 10.0. The monoisotopic (exact) mass is 266 g/mol. The summed E-state index contributed by atoms with van der Waals surface area (Å²) in [6, 6.07) is 2.33. The van der Waals surface area contributed by atoms with Gasteiger partial charge < -0.3 is 10.1 Å². The maximum absolute atomic E-state index is 9.07. The summed E-state index contributed by atoms with van der Waals surface area (Å²) in [6.45, 7) is 5.09. The van der Waals surface area contributed by atoms with Gasteiger partial charge in [-0.3, -0.25) is 0 Å². The lowest BCUT2D eigenvalue weighted by atomic mass is 9.85. The number of hydrogen-bond acceptors (Lipinski definition) is 3. The van der Waals surface area contributed by atoms with E-state index in [0.717, 1.165) is 31.8 Å². The molecule has 19 heavy (non-hydrogen) atoms. The fourth-order valence-corrected chi connectivity index (χ4v) is 2.91. The second-order valence-electron chi connectivity index (χ2n) is 6.01. The molecule has 3 unspecified atom stereocenters. The molecule has 1 rings (SSSR count). The first-order chi connectivity index (χ1) is 9.15. The van der Waals surface area contributed by atoms with Crippen LogP contribution in [0.1, 0.15) is 65.2 Å². The van der Waals surface area contributed by atoms with E-state index >= 15 is 0 Å². The van der Waals surface area contributed by atoms with Gasteiger partial charge in [0.1, 0.15) is 5.54 Å². The van der Waals surface area contributed by atoms with Crippen molar-refractivity contribution in [2.75, 3.05) is 13.7 Å². The predicted octanol–water partition coefficient (Wildman–Crippen LogP) is 3.64. The zero-order valence-corrected chi connectivity index (χ0v) is 12.9. The Labute approximate surface area is 118 Å². The van der Waals surface area contributed by atoms with Gasteiger partial charge in [-0.05, 0) is 52.0 Å². The quantitative estimate of drug-likeness (QED) is 0.682. The van der Waals surface area contributed by atoms with E-state index < -0.39 is 0 Å². The molecule has 0 aliphatic heterocycles. The van der Waals surface area contributed by atoms with Crippen LogP contribution in [0.5, 0.6) is 0 Å². The lowest BCUT2D eigenvalue weighted by molar-refractivity contribution is -0.0137. The highest BCUT2D eigenvalue weighted by atomic mass is 16.5. The van der Waals surface area contributed by atoms with Crippen molar-refractivity contribution in [3.63, 3.8) is 0 Å². The van der Waals surface area contributed by atoms with Gasteiger partial charge in [0, 0.05) is 6.61 Å². The minimum Gasteiger partial charge on any atom is -0.378 e. The smallest absolute Gasteiger partial charge is 0.103 e. The van der Waals surface area contributed by atoms with Crippen LogP contribution in [0.25, 0.3) is 0 Å². The molecular formula is C16H30N2O. The molecular weight excluding hydrogens is 236 g/mol. The maximum Gasteiger partial charge on any atom is 0.103 e. The molecule has 0 saturated heterocycles. The van der Waals surface area contributed by atoms with Crippen LogP contribution in [0.4, 0.5) is 0 Å². The summed E-state index contributed by atoms with van der Waals surface area (Å²) >= 11 is 0. The van der Waals surface area contributed by atoms with Gasteiger partial charge in [0.25, 0.3) is 0 Å². The molecule has 3 heteroatoms. The highest BCUT2D eigenvalue weighted by molar-refractivity contribution is 5.02. The molecule has 0 aromatic rings. The lowest BCUT2D eigenvalue weighted by Gasteiger charge is -2.31. The Bertz CT molecular complexity index is 287. The van der Waals surface area contributed by atoms with Crippen LogP contribution in [0, 0.1) is 17.2 Å². The number of nitrogens with one attached hydrogen (secondary N) is 1. The molecule has 0 bridgehead atoms. The lowest BCUT2D eigenvalue weighted by Crippen LogP contribution is -2.37. The second-order valence-corrected chi connectivity index (χ2v) is 6.01. The molecule has 0 amide bonds. The van der Waals surface area contributed by atoms with Crippen molar-refractivity contribution in [3.8, 4) is 6.07 Å². The van der Waals surface area contributed by atoms with Crippen molar-refractivity contribution in [2.45, 2.75) is 76.9 Å². The fourth-order valence-electron chi connectivity index (χ4n) is 2.91. The van der Waals surface area contributed by atoms with Gasteiger partial charge in [0.05, 0.1) is 12.2 Å². The van der Waals surface area contributed by atoms with Crippen LogP contribution in [-0.2, 0) is 4.74 Å². The standard InChI is InChI=1S/C16H30N2O/c1-4-14-9-5-6-10-15(14)19-12-8-7-11-16(2,13-17)18-3/h14-15,18H,4-12H2,1-3H3. The summed E-state index contributed by atoms with van der Waals surface area (Å²) in [7, 11) is 1.85. The number of unbranched alkanes of at least 4 members (excludes halogenated alkanes) is 1. The van der Waals surface area contributed by atoms with Gasteiger partial charge in [-0.2, -0.15) is 5.26 Å². The highest BCUT2D eigenvalue weighted by Gasteiger charge is 2.24. The van der Waals surface area contributed by atoms with Gasteiger partial charge >= 0.3 is 0 Å². The summed E-state index contributed by atoms with van der Waals surface area (Å²) in [5.41, 5.74) is -0.378. The Balaban J connectivity index is 2.15. The van der Waals surface area contributed by atoms with E-state index in [2.05, 4.69) is 18.3 Å². The third-order valence-electron chi connectivity index (χ3n) is 4.57. The minimum absolute atomic E-state index is 0.378. The number of ether oxygens (including phenoxy) is 1.